The van der Waals surface area contributed by atoms with Crippen LogP contribution in [-0.2, 0) is 4.74 Å². The molecule has 4 nitrogen and oxygen atoms in total. The Morgan fingerprint density at radius 3 is 3.00 bits per heavy atom. The highest BCUT2D eigenvalue weighted by Crippen LogP contribution is 2.20. The third-order valence-electron chi connectivity index (χ3n) is 3.38. The Kier molecular flexibility index (Phi) is 5.60. The van der Waals surface area contributed by atoms with E-state index in [1.165, 1.54) is 11.3 Å². The Bertz CT molecular complexity index is 509. The van der Waals surface area contributed by atoms with Crippen molar-refractivity contribution in [3.63, 3.8) is 0 Å². The van der Waals surface area contributed by atoms with Crippen molar-refractivity contribution in [2.24, 2.45) is 5.92 Å². The molecule has 0 bridgehead atoms. The predicted octanol–water partition coefficient (Wildman–Crippen LogP) is 1.59. The predicted molar refractivity (Wildman–Crippen MR) is 78.8 cm³/mol. The van der Waals surface area contributed by atoms with Crippen LogP contribution in [0.1, 0.15) is 28.1 Å². The first-order valence-electron chi connectivity index (χ1n) is 6.72. The quantitative estimate of drug-likeness (QED) is 0.861. The second-order valence-electron chi connectivity index (χ2n) is 4.86. The van der Waals surface area contributed by atoms with Crippen LogP contribution in [0.2, 0.25) is 0 Å². The number of aliphatic hydroxyl groups is 1. The fourth-order valence-corrected chi connectivity index (χ4v) is 3.12. The lowest BCUT2D eigenvalue weighted by Crippen LogP contribution is -2.34. The van der Waals surface area contributed by atoms with E-state index in [1.807, 2.05) is 18.5 Å². The molecule has 0 saturated carbocycles. The molecule has 2 rings (SSSR count). The summed E-state index contributed by atoms with van der Waals surface area (Å²) in [5.74, 6) is 5.94. The van der Waals surface area contributed by atoms with Crippen LogP contribution >= 0.6 is 11.3 Å². The molecule has 20 heavy (non-hydrogen) atoms. The average molecular weight is 293 g/mol. The van der Waals surface area contributed by atoms with Gasteiger partial charge in [0.1, 0.15) is 11.5 Å². The summed E-state index contributed by atoms with van der Waals surface area (Å²) in [5.41, 5.74) is 0.702. The first kappa shape index (κ1) is 15.0. The average Bonchev–Trinajstić information content (AvgIpc) is 2.93. The molecule has 0 atom stereocenters. The van der Waals surface area contributed by atoms with Gasteiger partial charge >= 0.3 is 0 Å². The van der Waals surface area contributed by atoms with Gasteiger partial charge < -0.3 is 14.7 Å². The maximum absolute atomic E-state index is 12.4. The maximum Gasteiger partial charge on any atom is 0.264 e. The van der Waals surface area contributed by atoms with E-state index in [0.29, 0.717) is 16.4 Å². The normalized spacial score (nSPS) is 15.5. The van der Waals surface area contributed by atoms with Gasteiger partial charge in [0.15, 0.2) is 0 Å². The van der Waals surface area contributed by atoms with Crippen LogP contribution in [0.3, 0.4) is 0 Å². The van der Waals surface area contributed by atoms with Crippen LogP contribution in [0.5, 0.6) is 0 Å². The standard InChI is InChI=1S/C15H19NO3S/c1-16(11-12-4-8-19-9-5-12)15(18)14-13(3-2-7-17)6-10-20-14/h6,10,12,17H,4-5,7-9,11H2,1H3. The fraction of sp³-hybridized carbons (Fsp3) is 0.533. The van der Waals surface area contributed by atoms with Crippen molar-refractivity contribution < 1.29 is 14.6 Å². The van der Waals surface area contributed by atoms with Crippen LogP contribution in [0.4, 0.5) is 0 Å². The monoisotopic (exact) mass is 293 g/mol. The van der Waals surface area contributed by atoms with Gasteiger partial charge in [-0.25, -0.2) is 0 Å². The minimum Gasteiger partial charge on any atom is -0.384 e. The summed E-state index contributed by atoms with van der Waals surface area (Å²) < 4.78 is 5.33. The fourth-order valence-electron chi connectivity index (χ4n) is 2.28. The molecule has 0 unspecified atom stereocenters. The molecule has 1 N–H and O–H groups in total. The number of thiophene rings is 1. The number of nitrogens with zero attached hydrogens (tertiary/aromatic N) is 1. The van der Waals surface area contributed by atoms with Gasteiger partial charge in [-0.2, -0.15) is 0 Å². The second-order valence-corrected chi connectivity index (χ2v) is 5.78. The van der Waals surface area contributed by atoms with E-state index in [1.54, 1.807) is 4.90 Å². The molecule has 2 heterocycles. The highest BCUT2D eigenvalue weighted by atomic mass is 32.1. The summed E-state index contributed by atoms with van der Waals surface area (Å²) in [6, 6.07) is 1.82. The van der Waals surface area contributed by atoms with Crippen molar-refractivity contribution in [2.45, 2.75) is 12.8 Å². The molecule has 1 aliphatic rings. The van der Waals surface area contributed by atoms with Gasteiger partial charge in [0.05, 0.1) is 0 Å². The van der Waals surface area contributed by atoms with Crippen molar-refractivity contribution >= 4 is 17.2 Å². The number of hydrogen-bond donors (Lipinski definition) is 1. The molecule has 0 aliphatic carbocycles. The van der Waals surface area contributed by atoms with E-state index in [9.17, 15) is 4.79 Å². The number of carbonyl (C=O) groups excluding carboxylic acids is 1. The SMILES string of the molecule is CN(CC1CCOCC1)C(=O)c1sccc1C#CCO. The van der Waals surface area contributed by atoms with Crippen molar-refractivity contribution in [1.29, 1.82) is 0 Å². The van der Waals surface area contributed by atoms with Gasteiger partial charge in [-0.05, 0) is 30.2 Å². The molecule has 0 spiro atoms. The van der Waals surface area contributed by atoms with E-state index in [4.69, 9.17) is 9.84 Å². The Morgan fingerprint density at radius 2 is 2.30 bits per heavy atom. The van der Waals surface area contributed by atoms with E-state index in [-0.39, 0.29) is 12.5 Å². The van der Waals surface area contributed by atoms with Crippen LogP contribution < -0.4 is 0 Å². The lowest BCUT2D eigenvalue weighted by molar-refractivity contribution is 0.0499. The van der Waals surface area contributed by atoms with Crippen molar-refractivity contribution in [1.82, 2.24) is 4.90 Å². The summed E-state index contributed by atoms with van der Waals surface area (Å²) in [6.45, 7) is 2.15. The summed E-state index contributed by atoms with van der Waals surface area (Å²) in [6.07, 6.45) is 2.03. The zero-order valence-electron chi connectivity index (χ0n) is 11.6. The Balaban J connectivity index is 2.01. The van der Waals surface area contributed by atoms with E-state index < -0.39 is 0 Å². The van der Waals surface area contributed by atoms with Crippen LogP contribution in [0.25, 0.3) is 0 Å². The molecule has 1 amide bonds. The Hall–Kier alpha value is -1.35. The third-order valence-corrected chi connectivity index (χ3v) is 4.28. The number of rotatable bonds is 3. The molecule has 1 saturated heterocycles. The highest BCUT2D eigenvalue weighted by molar-refractivity contribution is 7.12. The van der Waals surface area contributed by atoms with Gasteiger partial charge in [0.2, 0.25) is 0 Å². The van der Waals surface area contributed by atoms with Crippen molar-refractivity contribution in [2.75, 3.05) is 33.4 Å². The Morgan fingerprint density at radius 1 is 1.55 bits per heavy atom. The number of ether oxygens (including phenoxy) is 1. The number of aliphatic hydroxyl groups excluding tert-OH is 1. The lowest BCUT2D eigenvalue weighted by atomic mass is 10.00. The number of carbonyl (C=O) groups is 1. The van der Waals surface area contributed by atoms with Gasteiger partial charge in [0, 0.05) is 32.4 Å². The minimum absolute atomic E-state index is 0.00808. The topological polar surface area (TPSA) is 49.8 Å². The van der Waals surface area contributed by atoms with E-state index >= 15 is 0 Å². The smallest absolute Gasteiger partial charge is 0.264 e. The minimum atomic E-state index is -0.193. The van der Waals surface area contributed by atoms with Crippen molar-refractivity contribution in [3.8, 4) is 11.8 Å². The van der Waals surface area contributed by atoms with E-state index in [2.05, 4.69) is 11.8 Å². The Labute approximate surface area is 123 Å². The molecule has 108 valence electrons. The number of hydrogen-bond acceptors (Lipinski definition) is 4. The molecule has 1 aromatic rings. The van der Waals surface area contributed by atoms with E-state index in [0.717, 1.165) is 32.6 Å². The molecule has 1 aliphatic heterocycles. The molecule has 1 aromatic heterocycles. The first-order valence-corrected chi connectivity index (χ1v) is 7.60. The summed E-state index contributed by atoms with van der Waals surface area (Å²) in [5, 5.41) is 10.6. The molecular formula is C15H19NO3S. The molecule has 5 heteroatoms. The summed E-state index contributed by atoms with van der Waals surface area (Å²) >= 11 is 1.40. The molecule has 1 fully saturated rings. The second kappa shape index (κ2) is 7.44. The van der Waals surface area contributed by atoms with Gasteiger partial charge in [-0.3, -0.25) is 4.79 Å². The zero-order valence-corrected chi connectivity index (χ0v) is 12.4. The van der Waals surface area contributed by atoms with Crippen molar-refractivity contribution in [3.05, 3.63) is 21.9 Å². The number of amides is 1. The zero-order chi connectivity index (χ0) is 14.4. The van der Waals surface area contributed by atoms with Gasteiger partial charge in [0.25, 0.3) is 5.91 Å². The van der Waals surface area contributed by atoms with Crippen LogP contribution in [-0.4, -0.2) is 49.3 Å². The van der Waals surface area contributed by atoms with Gasteiger partial charge in [-0.1, -0.05) is 11.8 Å². The largest absolute Gasteiger partial charge is 0.384 e. The van der Waals surface area contributed by atoms with Crippen LogP contribution in [0, 0.1) is 17.8 Å². The maximum atomic E-state index is 12.4. The van der Waals surface area contributed by atoms with Gasteiger partial charge in [-0.15, -0.1) is 11.3 Å². The lowest BCUT2D eigenvalue weighted by Gasteiger charge is -2.27. The molecule has 0 radical (unpaired) electrons. The molecule has 0 aromatic carbocycles. The summed E-state index contributed by atoms with van der Waals surface area (Å²) in [4.78, 5) is 14.9. The molecular weight excluding hydrogens is 274 g/mol. The summed E-state index contributed by atoms with van der Waals surface area (Å²) in [7, 11) is 1.83. The highest BCUT2D eigenvalue weighted by Gasteiger charge is 2.21. The third kappa shape index (κ3) is 3.83. The first-order chi connectivity index (χ1) is 9.72. The van der Waals surface area contributed by atoms with Crippen LogP contribution in [0.15, 0.2) is 11.4 Å².